The standard InChI is InChI=1S/C3H6F6Si3/c4-10(5)1-11(6,7)3-12(8,9)2-10/h1-3H2. The van der Waals surface area contributed by atoms with Crippen LogP contribution in [0.25, 0.3) is 0 Å². The lowest BCUT2D eigenvalue weighted by molar-refractivity contribution is 0.524. The molecule has 0 aromatic carbocycles. The van der Waals surface area contributed by atoms with Gasteiger partial charge in [-0.15, -0.1) is 0 Å². The SMILES string of the molecule is F[Si]1(F)C[Si](F)(F)C[Si](F)(F)C1. The zero-order valence-electron chi connectivity index (χ0n) is 5.89. The van der Waals surface area contributed by atoms with Gasteiger partial charge in [0.2, 0.25) is 0 Å². The van der Waals surface area contributed by atoms with Crippen LogP contribution in [0.2, 0.25) is 17.0 Å². The van der Waals surface area contributed by atoms with Gasteiger partial charge in [0.15, 0.2) is 0 Å². The molecule has 0 N–H and O–H groups in total. The highest BCUT2D eigenvalue weighted by atomic mass is 28.5. The molecular formula is C3H6F6Si3. The van der Waals surface area contributed by atoms with Crippen LogP contribution in [0, 0.1) is 0 Å². The summed E-state index contributed by atoms with van der Waals surface area (Å²) in [5.41, 5.74) is -4.37. The molecule has 1 heterocycles. The summed E-state index contributed by atoms with van der Waals surface area (Å²) < 4.78 is 74.7. The lowest BCUT2D eigenvalue weighted by atomic mass is 11.8. The Bertz CT molecular complexity index is 145. The topological polar surface area (TPSA) is 0 Å². The van der Waals surface area contributed by atoms with Crippen molar-refractivity contribution in [1.82, 2.24) is 0 Å². The fraction of sp³-hybridized carbons (Fsp3) is 1.00. The minimum atomic E-state index is -5.24. The first-order valence-corrected chi connectivity index (χ1v) is 9.77. The second-order valence-electron chi connectivity index (χ2n) is 3.10. The molecule has 0 saturated carbocycles. The molecule has 0 aromatic rings. The van der Waals surface area contributed by atoms with Gasteiger partial charge in [-0.3, -0.25) is 24.6 Å². The fourth-order valence-electron chi connectivity index (χ4n) is 1.32. The van der Waals surface area contributed by atoms with E-state index < -0.39 is 43.2 Å². The van der Waals surface area contributed by atoms with Crippen LogP contribution in [-0.2, 0) is 0 Å². The molecule has 0 aromatic heterocycles. The monoisotopic (exact) mass is 240 g/mol. The average molecular weight is 240 g/mol. The molecule has 1 aliphatic rings. The molecule has 1 aliphatic heterocycles. The highest BCUT2D eigenvalue weighted by Crippen LogP contribution is 2.43. The van der Waals surface area contributed by atoms with Crippen molar-refractivity contribution in [3.05, 3.63) is 0 Å². The van der Waals surface area contributed by atoms with Crippen molar-refractivity contribution in [1.29, 1.82) is 0 Å². The second-order valence-corrected chi connectivity index (χ2v) is 12.5. The van der Waals surface area contributed by atoms with Crippen LogP contribution in [0.4, 0.5) is 24.6 Å². The van der Waals surface area contributed by atoms with Crippen LogP contribution in [0.1, 0.15) is 0 Å². The molecular weight excluding hydrogens is 234 g/mol. The van der Waals surface area contributed by atoms with E-state index in [1.54, 1.807) is 0 Å². The Hall–Kier alpha value is 0.231. The third-order valence-corrected chi connectivity index (χ3v) is 14.0. The van der Waals surface area contributed by atoms with E-state index in [2.05, 4.69) is 0 Å². The zero-order chi connectivity index (χ0) is 9.62. The van der Waals surface area contributed by atoms with E-state index in [0.29, 0.717) is 0 Å². The summed E-state index contributed by atoms with van der Waals surface area (Å²) in [7, 11) is -15.7. The minimum Gasteiger partial charge on any atom is -0.271 e. The van der Waals surface area contributed by atoms with Gasteiger partial charge >= 0.3 is 26.2 Å². The quantitative estimate of drug-likeness (QED) is 0.347. The highest BCUT2D eigenvalue weighted by molar-refractivity contribution is 7.02. The van der Waals surface area contributed by atoms with E-state index in [9.17, 15) is 24.6 Å². The van der Waals surface area contributed by atoms with E-state index in [1.165, 1.54) is 0 Å². The minimum absolute atomic E-state index is 1.46. The van der Waals surface area contributed by atoms with Crippen molar-refractivity contribution >= 4 is 26.2 Å². The Balaban J connectivity index is 2.81. The Morgan fingerprint density at radius 2 is 0.667 bits per heavy atom. The maximum atomic E-state index is 12.4. The Morgan fingerprint density at radius 1 is 0.500 bits per heavy atom. The van der Waals surface area contributed by atoms with Gasteiger partial charge in [0.1, 0.15) is 0 Å². The Morgan fingerprint density at radius 3 is 0.833 bits per heavy atom. The van der Waals surface area contributed by atoms with Gasteiger partial charge in [0, 0.05) is 0 Å². The summed E-state index contributed by atoms with van der Waals surface area (Å²) in [5, 5.41) is 0. The van der Waals surface area contributed by atoms with Gasteiger partial charge in [-0.25, -0.2) is 0 Å². The molecule has 0 spiro atoms. The van der Waals surface area contributed by atoms with Gasteiger partial charge in [0.25, 0.3) is 0 Å². The number of hydrogen-bond acceptors (Lipinski definition) is 0. The molecule has 0 bridgehead atoms. The van der Waals surface area contributed by atoms with Gasteiger partial charge in [0.05, 0.1) is 17.0 Å². The van der Waals surface area contributed by atoms with Crippen LogP contribution in [0.3, 0.4) is 0 Å². The van der Waals surface area contributed by atoms with E-state index in [0.717, 1.165) is 0 Å². The summed E-state index contributed by atoms with van der Waals surface area (Å²) in [6, 6.07) is 0. The summed E-state index contributed by atoms with van der Waals surface area (Å²) in [6.07, 6.45) is 0. The van der Waals surface area contributed by atoms with Crippen molar-refractivity contribution in [2.24, 2.45) is 0 Å². The summed E-state index contributed by atoms with van der Waals surface area (Å²) >= 11 is 0. The predicted octanol–water partition coefficient (Wildman–Crippen LogP) is 2.76. The van der Waals surface area contributed by atoms with E-state index in [-0.39, 0.29) is 0 Å². The van der Waals surface area contributed by atoms with E-state index >= 15 is 0 Å². The molecule has 12 heavy (non-hydrogen) atoms. The van der Waals surface area contributed by atoms with E-state index in [1.807, 2.05) is 0 Å². The highest BCUT2D eigenvalue weighted by Gasteiger charge is 2.66. The van der Waals surface area contributed by atoms with Gasteiger partial charge in [-0.2, -0.15) is 0 Å². The fourth-order valence-corrected chi connectivity index (χ4v) is 15.3. The van der Waals surface area contributed by atoms with Gasteiger partial charge < -0.3 is 0 Å². The van der Waals surface area contributed by atoms with Crippen molar-refractivity contribution in [2.45, 2.75) is 17.0 Å². The lowest BCUT2D eigenvalue weighted by Gasteiger charge is -2.28. The molecule has 1 saturated heterocycles. The maximum absolute atomic E-state index is 12.4. The van der Waals surface area contributed by atoms with Gasteiger partial charge in [-0.1, -0.05) is 0 Å². The normalized spacial score (nSPS) is 31.5. The number of halogens is 6. The summed E-state index contributed by atoms with van der Waals surface area (Å²) in [5.74, 6) is 0. The molecule has 0 nitrogen and oxygen atoms in total. The van der Waals surface area contributed by atoms with Crippen molar-refractivity contribution in [3.63, 3.8) is 0 Å². The third kappa shape index (κ3) is 2.62. The number of hydrogen-bond donors (Lipinski definition) is 0. The van der Waals surface area contributed by atoms with Crippen LogP contribution in [-0.4, -0.2) is 26.2 Å². The molecule has 1 fully saturated rings. The average Bonchev–Trinajstić information content (AvgIpc) is 1.44. The number of rotatable bonds is 0. The predicted molar refractivity (Wildman–Crippen MR) is 38.3 cm³/mol. The van der Waals surface area contributed by atoms with Crippen molar-refractivity contribution in [2.75, 3.05) is 0 Å². The van der Waals surface area contributed by atoms with E-state index in [4.69, 9.17) is 0 Å². The molecule has 0 radical (unpaired) electrons. The molecule has 0 unspecified atom stereocenters. The van der Waals surface area contributed by atoms with Crippen molar-refractivity contribution < 1.29 is 24.6 Å². The van der Waals surface area contributed by atoms with Crippen LogP contribution >= 0.6 is 0 Å². The molecule has 1 rings (SSSR count). The largest absolute Gasteiger partial charge is 0.430 e. The Kier molecular flexibility index (Phi) is 2.24. The third-order valence-electron chi connectivity index (χ3n) is 1.55. The molecule has 72 valence electrons. The van der Waals surface area contributed by atoms with Crippen molar-refractivity contribution in [3.8, 4) is 0 Å². The second kappa shape index (κ2) is 2.61. The van der Waals surface area contributed by atoms with Crippen LogP contribution in [0.5, 0.6) is 0 Å². The summed E-state index contributed by atoms with van der Waals surface area (Å²) in [4.78, 5) is 0. The van der Waals surface area contributed by atoms with Gasteiger partial charge in [-0.05, 0) is 0 Å². The first-order valence-electron chi connectivity index (χ1n) is 3.26. The first-order chi connectivity index (χ1) is 5.12. The molecule has 0 aliphatic carbocycles. The Labute approximate surface area is 68.6 Å². The van der Waals surface area contributed by atoms with Crippen LogP contribution < -0.4 is 0 Å². The zero-order valence-corrected chi connectivity index (χ0v) is 8.89. The van der Waals surface area contributed by atoms with Crippen LogP contribution in [0.15, 0.2) is 0 Å². The molecule has 9 heteroatoms. The molecule has 0 atom stereocenters. The maximum Gasteiger partial charge on any atom is 0.430 e. The summed E-state index contributed by atoms with van der Waals surface area (Å²) in [6.45, 7) is 0. The molecule has 0 amide bonds. The smallest absolute Gasteiger partial charge is 0.271 e. The lowest BCUT2D eigenvalue weighted by Crippen LogP contribution is -2.52. The first kappa shape index (κ1) is 10.3.